The molecule has 36 heavy (non-hydrogen) atoms. The summed E-state index contributed by atoms with van der Waals surface area (Å²) in [6.45, 7) is 17.5. The summed E-state index contributed by atoms with van der Waals surface area (Å²) in [6, 6.07) is 4.70. The van der Waals surface area contributed by atoms with Gasteiger partial charge in [-0.25, -0.2) is 4.39 Å². The van der Waals surface area contributed by atoms with Gasteiger partial charge in [-0.05, 0) is 51.0 Å². The lowest BCUT2D eigenvalue weighted by Gasteiger charge is -2.03. The average Bonchev–Trinajstić information content (AvgIpc) is 2.83. The Bertz CT molecular complexity index is 519. The predicted molar refractivity (Wildman–Crippen MR) is 161 cm³/mol. The van der Waals surface area contributed by atoms with Crippen LogP contribution in [0.25, 0.3) is 0 Å². The van der Waals surface area contributed by atoms with Gasteiger partial charge in [0.25, 0.3) is 0 Å². The molecule has 1 aromatic carbocycles. The van der Waals surface area contributed by atoms with E-state index in [9.17, 15) is 9.18 Å². The molecule has 1 atom stereocenters. The Hall–Kier alpha value is -1.48. The summed E-state index contributed by atoms with van der Waals surface area (Å²) < 4.78 is 12.4. The number of carbonyl (C=O) groups is 1. The van der Waals surface area contributed by atoms with Crippen molar-refractivity contribution < 1.29 is 9.18 Å². The van der Waals surface area contributed by atoms with Gasteiger partial charge in [-0.1, -0.05) is 129 Å². The second-order valence-corrected chi connectivity index (χ2v) is 10.0. The second kappa shape index (κ2) is 31.5. The fourth-order valence-corrected chi connectivity index (χ4v) is 3.72. The first-order valence-corrected chi connectivity index (χ1v) is 14.7. The number of rotatable bonds is 17. The van der Waals surface area contributed by atoms with Crippen molar-refractivity contribution in [2.45, 2.75) is 157 Å². The molecule has 0 amide bonds. The number of nitrogens with two attached hydrogens (primary N) is 1. The highest BCUT2D eigenvalue weighted by Gasteiger charge is 1.95. The van der Waals surface area contributed by atoms with Crippen molar-refractivity contribution in [1.29, 1.82) is 0 Å². The number of benzene rings is 1. The molecule has 1 unspecified atom stereocenters. The summed E-state index contributed by atoms with van der Waals surface area (Å²) in [5.41, 5.74) is 7.04. The van der Waals surface area contributed by atoms with E-state index in [1.54, 1.807) is 6.92 Å². The van der Waals surface area contributed by atoms with Crippen LogP contribution < -0.4 is 5.73 Å². The van der Waals surface area contributed by atoms with E-state index < -0.39 is 0 Å². The van der Waals surface area contributed by atoms with Gasteiger partial charge in [0.1, 0.15) is 11.6 Å². The maximum Gasteiger partial charge on any atom is 0.146 e. The third-order valence-electron chi connectivity index (χ3n) is 6.03. The number of hydrogen-bond donors (Lipinski definition) is 1. The van der Waals surface area contributed by atoms with Gasteiger partial charge in [-0.2, -0.15) is 0 Å². The molecule has 2 nitrogen and oxygen atoms in total. The topological polar surface area (TPSA) is 43.1 Å². The largest absolute Gasteiger partial charge is 0.322 e. The van der Waals surface area contributed by atoms with E-state index in [1.807, 2.05) is 19.9 Å². The van der Waals surface area contributed by atoms with Crippen LogP contribution in [0, 0.1) is 19.7 Å². The summed E-state index contributed by atoms with van der Waals surface area (Å²) in [7, 11) is 0. The number of halogens is 1. The molecule has 0 aromatic heterocycles. The van der Waals surface area contributed by atoms with Gasteiger partial charge in [-0.15, -0.1) is 13.2 Å². The van der Waals surface area contributed by atoms with Gasteiger partial charge in [0, 0.05) is 0 Å². The highest BCUT2D eigenvalue weighted by Crippen LogP contribution is 2.13. The van der Waals surface area contributed by atoms with E-state index in [1.165, 1.54) is 128 Å². The van der Waals surface area contributed by atoms with Crippen LogP contribution in [0.2, 0.25) is 0 Å². The minimum atomic E-state index is -0.287. The van der Waals surface area contributed by atoms with Crippen molar-refractivity contribution >= 4 is 5.78 Å². The lowest BCUT2D eigenvalue weighted by atomic mass is 10.0. The number of Topliss-reactive ketones (excluding diaryl/α,β-unsaturated/α-hetero) is 1. The van der Waals surface area contributed by atoms with Gasteiger partial charge < -0.3 is 5.73 Å². The molecular weight excluding hydrogens is 445 g/mol. The fraction of sp³-hybridized carbons (Fsp3) is 0.727. The standard InChI is InChI=1S/C19H40.C8H9F.C4H9NO.C2H4/c1-3-5-7-9-11-13-15-17-19-18-16-14-12-10-8-6-4-2;1-6-3-7(2)5-8(9)4-6;1-3(5)4(2)6;1-2/h3-19H2,1-2H3;3-5H,1-2H3;3H,5H2,1-2H3;1-2H2. The summed E-state index contributed by atoms with van der Waals surface area (Å²) in [4.78, 5) is 10.0. The molecule has 0 heterocycles. The second-order valence-electron chi connectivity index (χ2n) is 10.0. The van der Waals surface area contributed by atoms with Crippen LogP contribution in [-0.2, 0) is 4.79 Å². The molecule has 3 heteroatoms. The maximum absolute atomic E-state index is 12.4. The number of unbranched alkanes of at least 4 members (excludes halogenated alkanes) is 16. The van der Waals surface area contributed by atoms with Crippen molar-refractivity contribution in [3.63, 3.8) is 0 Å². The molecule has 212 valence electrons. The molecule has 0 aliphatic rings. The quantitative estimate of drug-likeness (QED) is 0.168. The number of hydrogen-bond acceptors (Lipinski definition) is 2. The number of aryl methyl sites for hydroxylation is 2. The molecular formula is C33H62FNO. The zero-order chi connectivity index (χ0) is 28.0. The van der Waals surface area contributed by atoms with Crippen molar-refractivity contribution in [3.8, 4) is 0 Å². The Morgan fingerprint density at radius 2 is 0.917 bits per heavy atom. The zero-order valence-electron chi connectivity index (χ0n) is 25.1. The number of ketones is 1. The van der Waals surface area contributed by atoms with Gasteiger partial charge in [-0.3, -0.25) is 4.79 Å². The molecule has 0 aliphatic heterocycles. The Balaban J connectivity index is -0.000000524. The van der Waals surface area contributed by atoms with Gasteiger partial charge in [0.15, 0.2) is 0 Å². The Kier molecular flexibility index (Phi) is 34.2. The predicted octanol–water partition coefficient (Wildman–Crippen LogP) is 10.8. The van der Waals surface area contributed by atoms with Crippen LogP contribution in [0.5, 0.6) is 0 Å². The molecule has 0 radical (unpaired) electrons. The van der Waals surface area contributed by atoms with Crippen molar-refractivity contribution in [1.82, 2.24) is 0 Å². The lowest BCUT2D eigenvalue weighted by molar-refractivity contribution is -0.117. The molecule has 0 aliphatic carbocycles. The molecule has 0 bridgehead atoms. The van der Waals surface area contributed by atoms with Crippen LogP contribution in [0.15, 0.2) is 31.4 Å². The summed E-state index contributed by atoms with van der Waals surface area (Å²) in [5.74, 6) is -0.109. The molecule has 1 aromatic rings. The Labute approximate surface area is 225 Å². The lowest BCUT2D eigenvalue weighted by Crippen LogP contribution is -2.23. The Morgan fingerprint density at radius 1 is 0.694 bits per heavy atom. The number of carbonyl (C=O) groups excluding carboxylic acids is 1. The van der Waals surface area contributed by atoms with E-state index in [0.29, 0.717) is 0 Å². The van der Waals surface area contributed by atoms with Crippen molar-refractivity contribution in [3.05, 3.63) is 48.3 Å². The third kappa shape index (κ3) is 34.7. The van der Waals surface area contributed by atoms with Crippen molar-refractivity contribution in [2.24, 2.45) is 5.73 Å². The SMILES string of the molecule is C=C.CC(=O)C(C)N.CCCCCCCCCCCCCCCCCCC.Cc1cc(C)cc(F)c1. The molecule has 2 N–H and O–H groups in total. The third-order valence-corrected chi connectivity index (χ3v) is 6.03. The van der Waals surface area contributed by atoms with Gasteiger partial charge in [0.05, 0.1) is 6.04 Å². The van der Waals surface area contributed by atoms with Gasteiger partial charge in [0.2, 0.25) is 0 Å². The fourth-order valence-electron chi connectivity index (χ4n) is 3.72. The molecule has 0 fully saturated rings. The van der Waals surface area contributed by atoms with Crippen LogP contribution >= 0.6 is 0 Å². The smallest absolute Gasteiger partial charge is 0.146 e. The van der Waals surface area contributed by atoms with E-state index in [-0.39, 0.29) is 17.6 Å². The van der Waals surface area contributed by atoms with E-state index in [4.69, 9.17) is 5.73 Å². The highest BCUT2D eigenvalue weighted by atomic mass is 19.1. The van der Waals surface area contributed by atoms with Crippen LogP contribution in [0.3, 0.4) is 0 Å². The van der Waals surface area contributed by atoms with Crippen molar-refractivity contribution in [2.75, 3.05) is 0 Å². The molecule has 1 rings (SSSR count). The Morgan fingerprint density at radius 3 is 1.08 bits per heavy atom. The first-order valence-electron chi connectivity index (χ1n) is 14.7. The average molecular weight is 508 g/mol. The van der Waals surface area contributed by atoms with E-state index >= 15 is 0 Å². The normalized spacial score (nSPS) is 10.7. The van der Waals surface area contributed by atoms with Crippen LogP contribution in [0.4, 0.5) is 4.39 Å². The minimum Gasteiger partial charge on any atom is -0.322 e. The summed E-state index contributed by atoms with van der Waals surface area (Å²) in [6.07, 6.45) is 24.9. The zero-order valence-corrected chi connectivity index (χ0v) is 25.1. The van der Waals surface area contributed by atoms with E-state index in [0.717, 1.165) is 11.1 Å². The van der Waals surface area contributed by atoms with Crippen LogP contribution in [0.1, 0.15) is 148 Å². The summed E-state index contributed by atoms with van der Waals surface area (Å²) >= 11 is 0. The minimum absolute atomic E-state index is 0.0370. The van der Waals surface area contributed by atoms with Crippen LogP contribution in [-0.4, -0.2) is 11.8 Å². The monoisotopic (exact) mass is 507 g/mol. The molecule has 0 saturated heterocycles. The van der Waals surface area contributed by atoms with Gasteiger partial charge >= 0.3 is 0 Å². The first-order chi connectivity index (χ1) is 17.2. The molecule has 0 spiro atoms. The van der Waals surface area contributed by atoms with E-state index in [2.05, 4.69) is 27.0 Å². The summed E-state index contributed by atoms with van der Waals surface area (Å²) in [5, 5.41) is 0. The highest BCUT2D eigenvalue weighted by molar-refractivity contribution is 5.80. The first kappa shape index (κ1) is 39.0. The maximum atomic E-state index is 12.4. The molecule has 0 saturated carbocycles.